The summed E-state index contributed by atoms with van der Waals surface area (Å²) < 4.78 is 8.18. The fraction of sp³-hybridized carbons (Fsp3) is 0.353. The zero-order chi connectivity index (χ0) is 17.4. The number of nitrogens with zero attached hydrogens (tertiary/aromatic N) is 4. The molecule has 8 heteroatoms. The number of rotatable bonds is 2. The van der Waals surface area contributed by atoms with Gasteiger partial charge >= 0.3 is 0 Å². The van der Waals surface area contributed by atoms with Gasteiger partial charge in [0.25, 0.3) is 5.56 Å². The summed E-state index contributed by atoms with van der Waals surface area (Å²) in [6.45, 7) is 4.89. The minimum Gasteiger partial charge on any atom is -0.380 e. The molecule has 1 aliphatic heterocycles. The van der Waals surface area contributed by atoms with Crippen LogP contribution in [0.25, 0.3) is 16.7 Å². The second-order valence-electron chi connectivity index (χ2n) is 6.08. The molecule has 0 radical (unpaired) electrons. The molecule has 0 atom stereocenters. The minimum absolute atomic E-state index is 0.175. The molecule has 1 N–H and O–H groups in total. The van der Waals surface area contributed by atoms with Gasteiger partial charge in [0, 0.05) is 30.4 Å². The van der Waals surface area contributed by atoms with E-state index in [1.165, 1.54) is 0 Å². The van der Waals surface area contributed by atoms with Crippen LogP contribution >= 0.6 is 15.9 Å². The second kappa shape index (κ2) is 6.61. The number of aryl methyl sites for hydroxylation is 1. The fourth-order valence-electron chi connectivity index (χ4n) is 3.01. The summed E-state index contributed by atoms with van der Waals surface area (Å²) in [6.07, 6.45) is 2.64. The smallest absolute Gasteiger partial charge is 0.263 e. The molecule has 3 heterocycles. The third kappa shape index (κ3) is 3.19. The van der Waals surface area contributed by atoms with Crippen molar-refractivity contribution in [3.8, 4) is 5.69 Å². The highest BCUT2D eigenvalue weighted by Gasteiger charge is 2.16. The van der Waals surface area contributed by atoms with E-state index in [-0.39, 0.29) is 5.56 Å². The summed E-state index contributed by atoms with van der Waals surface area (Å²) in [4.78, 5) is 22.0. The van der Waals surface area contributed by atoms with E-state index < -0.39 is 0 Å². The number of benzene rings is 1. The summed E-state index contributed by atoms with van der Waals surface area (Å²) in [7, 11) is 0. The van der Waals surface area contributed by atoms with Crippen molar-refractivity contribution in [3.05, 3.63) is 44.8 Å². The van der Waals surface area contributed by atoms with E-state index in [0.717, 1.165) is 35.3 Å². The van der Waals surface area contributed by atoms with Crippen LogP contribution in [-0.2, 0) is 4.74 Å². The van der Waals surface area contributed by atoms with Crippen LogP contribution in [0.2, 0.25) is 0 Å². The molecular formula is C17H18BrN5O2. The Morgan fingerprint density at radius 3 is 3.00 bits per heavy atom. The monoisotopic (exact) mass is 403 g/mol. The van der Waals surface area contributed by atoms with E-state index in [1.54, 1.807) is 10.9 Å². The Balaban J connectivity index is 1.77. The highest BCUT2D eigenvalue weighted by molar-refractivity contribution is 9.10. The van der Waals surface area contributed by atoms with Gasteiger partial charge in [-0.1, -0.05) is 15.9 Å². The molecule has 4 rings (SSSR count). The minimum atomic E-state index is -0.175. The van der Waals surface area contributed by atoms with Gasteiger partial charge in [-0.05, 0) is 37.1 Å². The third-order valence-electron chi connectivity index (χ3n) is 4.30. The van der Waals surface area contributed by atoms with Crippen molar-refractivity contribution >= 4 is 32.9 Å². The van der Waals surface area contributed by atoms with Gasteiger partial charge in [0.05, 0.1) is 12.3 Å². The van der Waals surface area contributed by atoms with Gasteiger partial charge in [0.2, 0.25) is 5.95 Å². The number of hydrogen-bond donors (Lipinski definition) is 1. The maximum absolute atomic E-state index is 12.5. The fourth-order valence-corrected chi connectivity index (χ4v) is 3.49. The largest absolute Gasteiger partial charge is 0.380 e. The zero-order valence-electron chi connectivity index (χ0n) is 13.8. The van der Waals surface area contributed by atoms with Gasteiger partial charge in [-0.15, -0.1) is 5.10 Å². The van der Waals surface area contributed by atoms with E-state index in [9.17, 15) is 4.79 Å². The first-order valence-corrected chi connectivity index (χ1v) is 9.00. The number of nitrogens with one attached hydrogen (secondary N) is 1. The maximum atomic E-state index is 12.5. The summed E-state index contributed by atoms with van der Waals surface area (Å²) in [6, 6.07) is 5.93. The maximum Gasteiger partial charge on any atom is 0.263 e. The molecule has 130 valence electrons. The number of aromatic nitrogens is 4. The van der Waals surface area contributed by atoms with Crippen LogP contribution in [-0.4, -0.2) is 46.1 Å². The quantitative estimate of drug-likeness (QED) is 0.710. The van der Waals surface area contributed by atoms with Crippen LogP contribution in [0.1, 0.15) is 12.0 Å². The number of ether oxygens (including phenoxy) is 1. The molecule has 7 nitrogen and oxygen atoms in total. The van der Waals surface area contributed by atoms with Gasteiger partial charge < -0.3 is 9.64 Å². The first-order chi connectivity index (χ1) is 12.1. The normalized spacial score (nSPS) is 15.5. The Morgan fingerprint density at radius 1 is 1.28 bits per heavy atom. The highest BCUT2D eigenvalue weighted by Crippen LogP contribution is 2.20. The molecule has 1 aromatic carbocycles. The Hall–Kier alpha value is -2.19. The molecule has 0 unspecified atom stereocenters. The van der Waals surface area contributed by atoms with Crippen LogP contribution in [0.4, 0.5) is 5.95 Å². The van der Waals surface area contributed by atoms with Gasteiger partial charge in [-0.3, -0.25) is 9.78 Å². The molecule has 0 amide bonds. The van der Waals surface area contributed by atoms with Gasteiger partial charge in [0.1, 0.15) is 5.39 Å². The van der Waals surface area contributed by atoms with Crippen molar-refractivity contribution in [2.45, 2.75) is 13.3 Å². The van der Waals surface area contributed by atoms with Gasteiger partial charge in [-0.2, -0.15) is 4.98 Å². The number of aromatic amines is 1. The molecule has 2 aromatic heterocycles. The lowest BCUT2D eigenvalue weighted by Gasteiger charge is -2.19. The lowest BCUT2D eigenvalue weighted by molar-refractivity contribution is 0.152. The van der Waals surface area contributed by atoms with Crippen LogP contribution in [0.3, 0.4) is 0 Å². The number of H-pyrrole nitrogens is 1. The number of fused-ring (bicyclic) bond motifs is 1. The van der Waals surface area contributed by atoms with Crippen molar-refractivity contribution < 1.29 is 4.74 Å². The first-order valence-electron chi connectivity index (χ1n) is 8.21. The predicted molar refractivity (Wildman–Crippen MR) is 99.6 cm³/mol. The number of anilines is 1. The summed E-state index contributed by atoms with van der Waals surface area (Å²) >= 11 is 3.46. The molecule has 0 aliphatic carbocycles. The van der Waals surface area contributed by atoms with Crippen molar-refractivity contribution in [1.82, 2.24) is 19.7 Å². The van der Waals surface area contributed by atoms with Crippen molar-refractivity contribution in [2.75, 3.05) is 31.2 Å². The van der Waals surface area contributed by atoms with Crippen molar-refractivity contribution in [2.24, 2.45) is 0 Å². The molecule has 25 heavy (non-hydrogen) atoms. The zero-order valence-corrected chi connectivity index (χ0v) is 15.4. The van der Waals surface area contributed by atoms with Crippen molar-refractivity contribution in [3.63, 3.8) is 0 Å². The molecule has 0 saturated carbocycles. The molecule has 0 bridgehead atoms. The van der Waals surface area contributed by atoms with Crippen LogP contribution in [0.5, 0.6) is 0 Å². The van der Waals surface area contributed by atoms with E-state index in [2.05, 4.69) is 31.0 Å². The lowest BCUT2D eigenvalue weighted by Crippen LogP contribution is -2.29. The number of halogens is 1. The van der Waals surface area contributed by atoms with E-state index in [0.29, 0.717) is 30.1 Å². The summed E-state index contributed by atoms with van der Waals surface area (Å²) in [5, 5.41) is 5.01. The molecule has 3 aromatic rings. The Labute approximate surface area is 152 Å². The van der Waals surface area contributed by atoms with E-state index >= 15 is 0 Å². The molecule has 1 aliphatic rings. The predicted octanol–water partition coefficient (Wildman–Crippen LogP) is 2.41. The average molecular weight is 404 g/mol. The highest BCUT2D eigenvalue weighted by atomic mass is 79.9. The van der Waals surface area contributed by atoms with Gasteiger partial charge in [-0.25, -0.2) is 4.68 Å². The summed E-state index contributed by atoms with van der Waals surface area (Å²) in [5.41, 5.74) is 2.26. The van der Waals surface area contributed by atoms with E-state index in [1.807, 2.05) is 30.0 Å². The summed E-state index contributed by atoms with van der Waals surface area (Å²) in [5.74, 6) is 0.556. The standard InChI is InChI=1S/C17H18BrN5O2/c1-11-9-12(18)3-4-14(11)23-10-13-15(21-23)19-17(20-16(13)24)22-5-2-7-25-8-6-22/h3-4,9-10H,2,5-8H2,1H3,(H,19,20,21,24). The third-order valence-corrected chi connectivity index (χ3v) is 4.80. The Bertz CT molecular complexity index is 973. The van der Waals surface area contributed by atoms with Crippen molar-refractivity contribution in [1.29, 1.82) is 0 Å². The van der Waals surface area contributed by atoms with Crippen LogP contribution < -0.4 is 10.5 Å². The van der Waals surface area contributed by atoms with Gasteiger partial charge in [0.15, 0.2) is 5.65 Å². The Kier molecular flexibility index (Phi) is 4.30. The van der Waals surface area contributed by atoms with E-state index in [4.69, 9.17) is 4.74 Å². The number of hydrogen-bond acceptors (Lipinski definition) is 5. The Morgan fingerprint density at radius 2 is 2.16 bits per heavy atom. The topological polar surface area (TPSA) is 76.0 Å². The average Bonchev–Trinajstić information content (AvgIpc) is 2.82. The first kappa shape index (κ1) is 16.3. The molecule has 1 saturated heterocycles. The SMILES string of the molecule is Cc1cc(Br)ccc1-n1cc2c(=O)[nH]c(N3CCCOCC3)nc2n1. The van der Waals surface area contributed by atoms with Crippen LogP contribution in [0, 0.1) is 6.92 Å². The molecule has 0 spiro atoms. The molecule has 1 fully saturated rings. The second-order valence-corrected chi connectivity index (χ2v) is 7.00. The molecular weight excluding hydrogens is 386 g/mol. The van der Waals surface area contributed by atoms with Crippen LogP contribution in [0.15, 0.2) is 33.7 Å². The lowest BCUT2D eigenvalue weighted by atomic mass is 10.2.